The van der Waals surface area contributed by atoms with Crippen molar-refractivity contribution in [1.82, 2.24) is 10.7 Å². The van der Waals surface area contributed by atoms with Crippen LogP contribution in [0.15, 0.2) is 46.0 Å². The van der Waals surface area contributed by atoms with E-state index in [4.69, 9.17) is 14.2 Å². The van der Waals surface area contributed by atoms with Crippen LogP contribution in [0, 0.1) is 5.92 Å². The molecule has 0 bridgehead atoms. The van der Waals surface area contributed by atoms with E-state index in [2.05, 4.69) is 31.8 Å². The lowest BCUT2D eigenvalue weighted by Gasteiger charge is -2.20. The summed E-state index contributed by atoms with van der Waals surface area (Å²) in [7, 11) is 0. The molecule has 32 heavy (non-hydrogen) atoms. The fourth-order valence-electron chi connectivity index (χ4n) is 2.98. The van der Waals surface area contributed by atoms with Gasteiger partial charge in [0, 0.05) is 5.56 Å². The van der Waals surface area contributed by atoms with E-state index in [1.807, 2.05) is 45.9 Å². The Hall–Kier alpha value is -3.07. The molecule has 8 nitrogen and oxygen atoms in total. The van der Waals surface area contributed by atoms with Crippen molar-refractivity contribution in [3.63, 3.8) is 0 Å². The Morgan fingerprint density at radius 2 is 1.84 bits per heavy atom. The highest BCUT2D eigenvalue weighted by Crippen LogP contribution is 2.32. The average molecular weight is 504 g/mol. The van der Waals surface area contributed by atoms with Gasteiger partial charge in [0.15, 0.2) is 11.5 Å². The quantitative estimate of drug-likeness (QED) is 0.420. The number of hydrogen-bond donors (Lipinski definition) is 2. The summed E-state index contributed by atoms with van der Waals surface area (Å²) in [6.07, 6.45) is 1.59. The van der Waals surface area contributed by atoms with Crippen LogP contribution in [0.3, 0.4) is 0 Å². The molecule has 0 spiro atoms. The molecule has 1 atom stereocenters. The van der Waals surface area contributed by atoms with Crippen molar-refractivity contribution in [3.05, 3.63) is 52.0 Å². The van der Waals surface area contributed by atoms with Crippen molar-refractivity contribution in [2.45, 2.75) is 39.8 Å². The minimum absolute atomic E-state index is 0.0611. The number of hydrazone groups is 1. The standard InChI is InChI=1S/C23H26BrN3O5/c1-13(2)21(26-22(28)16-6-8-19-20(10-16)31-12-30-19)23(29)27-25-11-15-5-7-18(17(24)9-15)32-14(3)4/h5-11,13-14,21H,12H2,1-4H3,(H,26,28)(H,27,29). The number of nitrogens with zero attached hydrogens (tertiary/aromatic N) is 1. The summed E-state index contributed by atoms with van der Waals surface area (Å²) in [5.74, 6) is 0.875. The normalized spacial score (nSPS) is 13.5. The largest absolute Gasteiger partial charge is 0.490 e. The highest BCUT2D eigenvalue weighted by molar-refractivity contribution is 9.10. The molecular formula is C23H26BrN3O5. The van der Waals surface area contributed by atoms with E-state index < -0.39 is 11.9 Å². The minimum atomic E-state index is -0.765. The van der Waals surface area contributed by atoms with Gasteiger partial charge in [0.05, 0.1) is 16.8 Å². The summed E-state index contributed by atoms with van der Waals surface area (Å²) >= 11 is 3.47. The minimum Gasteiger partial charge on any atom is -0.490 e. The van der Waals surface area contributed by atoms with Crippen molar-refractivity contribution in [1.29, 1.82) is 0 Å². The Morgan fingerprint density at radius 3 is 2.53 bits per heavy atom. The molecular weight excluding hydrogens is 478 g/mol. The zero-order valence-corrected chi connectivity index (χ0v) is 19.9. The Morgan fingerprint density at radius 1 is 1.09 bits per heavy atom. The molecule has 1 aliphatic heterocycles. The Balaban J connectivity index is 1.61. The molecule has 1 unspecified atom stereocenters. The summed E-state index contributed by atoms with van der Waals surface area (Å²) in [5, 5.41) is 6.79. The van der Waals surface area contributed by atoms with Crippen LogP contribution in [0.1, 0.15) is 43.6 Å². The smallest absolute Gasteiger partial charge is 0.262 e. The zero-order valence-electron chi connectivity index (χ0n) is 18.3. The van der Waals surface area contributed by atoms with Gasteiger partial charge in [-0.2, -0.15) is 5.10 Å². The molecule has 0 radical (unpaired) electrons. The lowest BCUT2D eigenvalue weighted by molar-refractivity contribution is -0.123. The number of ether oxygens (including phenoxy) is 3. The molecule has 0 aromatic heterocycles. The lowest BCUT2D eigenvalue weighted by atomic mass is 10.0. The second kappa shape index (κ2) is 10.5. The predicted octanol–water partition coefficient (Wildman–Crippen LogP) is 3.87. The molecule has 0 saturated heterocycles. The molecule has 9 heteroatoms. The maximum Gasteiger partial charge on any atom is 0.262 e. The van der Waals surface area contributed by atoms with E-state index in [1.54, 1.807) is 18.2 Å². The third-order valence-corrected chi connectivity index (χ3v) is 5.20. The van der Waals surface area contributed by atoms with Crippen molar-refractivity contribution in [3.8, 4) is 17.2 Å². The molecule has 2 aromatic carbocycles. The number of nitrogens with one attached hydrogen (secondary N) is 2. The number of hydrogen-bond acceptors (Lipinski definition) is 6. The van der Waals surface area contributed by atoms with Crippen molar-refractivity contribution >= 4 is 34.0 Å². The number of amides is 2. The summed E-state index contributed by atoms with van der Waals surface area (Å²) in [5.41, 5.74) is 3.66. The van der Waals surface area contributed by atoms with E-state index in [0.29, 0.717) is 17.1 Å². The third kappa shape index (κ3) is 6.00. The van der Waals surface area contributed by atoms with E-state index in [0.717, 1.165) is 15.8 Å². The van der Waals surface area contributed by atoms with Crippen LogP contribution in [0.4, 0.5) is 0 Å². The molecule has 0 aliphatic carbocycles. The highest BCUT2D eigenvalue weighted by Gasteiger charge is 2.25. The summed E-state index contributed by atoms with van der Waals surface area (Å²) in [6.45, 7) is 7.72. The topological polar surface area (TPSA) is 98.2 Å². The number of fused-ring (bicyclic) bond motifs is 1. The van der Waals surface area contributed by atoms with Gasteiger partial charge in [0.25, 0.3) is 11.8 Å². The number of carbonyl (C=O) groups is 2. The van der Waals surface area contributed by atoms with E-state index in [-0.39, 0.29) is 24.7 Å². The Kier molecular flexibility index (Phi) is 7.74. The van der Waals surface area contributed by atoms with Gasteiger partial charge in [-0.3, -0.25) is 9.59 Å². The molecule has 0 fully saturated rings. The number of rotatable bonds is 8. The van der Waals surface area contributed by atoms with Gasteiger partial charge >= 0.3 is 0 Å². The lowest BCUT2D eigenvalue weighted by Crippen LogP contribution is -2.48. The van der Waals surface area contributed by atoms with E-state index >= 15 is 0 Å². The molecule has 170 valence electrons. The number of benzene rings is 2. The number of halogens is 1. The zero-order chi connectivity index (χ0) is 23.3. The SMILES string of the molecule is CC(C)Oc1ccc(C=NNC(=O)C(NC(=O)c2ccc3c(c2)OCO3)C(C)C)cc1Br. The van der Waals surface area contributed by atoms with Crippen molar-refractivity contribution in [2.75, 3.05) is 6.79 Å². The van der Waals surface area contributed by atoms with Crippen LogP contribution in [-0.4, -0.2) is 37.0 Å². The molecule has 3 rings (SSSR count). The Labute approximate surface area is 195 Å². The van der Waals surface area contributed by atoms with Crippen LogP contribution in [0.25, 0.3) is 0 Å². The third-order valence-electron chi connectivity index (χ3n) is 4.58. The van der Waals surface area contributed by atoms with Gasteiger partial charge < -0.3 is 19.5 Å². The van der Waals surface area contributed by atoms with Crippen molar-refractivity contribution < 1.29 is 23.8 Å². The van der Waals surface area contributed by atoms with E-state index in [9.17, 15) is 9.59 Å². The van der Waals surface area contributed by atoms with Gasteiger partial charge in [-0.15, -0.1) is 0 Å². The average Bonchev–Trinajstić information content (AvgIpc) is 3.21. The van der Waals surface area contributed by atoms with Gasteiger partial charge in [-0.05, 0) is 77.7 Å². The van der Waals surface area contributed by atoms with Crippen LogP contribution in [-0.2, 0) is 4.79 Å². The van der Waals surface area contributed by atoms with Crippen LogP contribution < -0.4 is 25.0 Å². The second-order valence-corrected chi connectivity index (χ2v) is 8.71. The maximum atomic E-state index is 12.7. The van der Waals surface area contributed by atoms with Crippen molar-refractivity contribution in [2.24, 2.45) is 11.0 Å². The van der Waals surface area contributed by atoms with Gasteiger partial charge in [0.2, 0.25) is 6.79 Å². The fraction of sp³-hybridized carbons (Fsp3) is 0.348. The summed E-state index contributed by atoms with van der Waals surface area (Å²) < 4.78 is 17.0. The van der Waals surface area contributed by atoms with Crippen LogP contribution >= 0.6 is 15.9 Å². The van der Waals surface area contributed by atoms with Crippen LogP contribution in [0.5, 0.6) is 17.2 Å². The molecule has 2 aromatic rings. The highest BCUT2D eigenvalue weighted by atomic mass is 79.9. The first-order chi connectivity index (χ1) is 15.2. The predicted molar refractivity (Wildman–Crippen MR) is 124 cm³/mol. The fourth-order valence-corrected chi connectivity index (χ4v) is 3.47. The first kappa shape index (κ1) is 23.6. The van der Waals surface area contributed by atoms with Gasteiger partial charge in [-0.25, -0.2) is 5.43 Å². The molecule has 0 saturated carbocycles. The molecule has 1 heterocycles. The maximum absolute atomic E-state index is 12.7. The first-order valence-electron chi connectivity index (χ1n) is 10.2. The van der Waals surface area contributed by atoms with Gasteiger partial charge in [-0.1, -0.05) is 13.8 Å². The van der Waals surface area contributed by atoms with E-state index in [1.165, 1.54) is 6.21 Å². The monoisotopic (exact) mass is 503 g/mol. The molecule has 2 amide bonds. The number of carbonyl (C=O) groups excluding carboxylic acids is 2. The Bertz CT molecular complexity index is 1020. The summed E-state index contributed by atoms with van der Waals surface area (Å²) in [4.78, 5) is 25.3. The molecule has 1 aliphatic rings. The van der Waals surface area contributed by atoms with Gasteiger partial charge in [0.1, 0.15) is 11.8 Å². The first-order valence-corrected chi connectivity index (χ1v) is 11.0. The molecule has 2 N–H and O–H groups in total. The second-order valence-electron chi connectivity index (χ2n) is 7.85. The summed E-state index contributed by atoms with van der Waals surface area (Å²) in [6, 6.07) is 9.63. The van der Waals surface area contributed by atoms with Crippen LogP contribution in [0.2, 0.25) is 0 Å².